The number of hydrogen-bond acceptors (Lipinski definition) is 0. The summed E-state index contributed by atoms with van der Waals surface area (Å²) in [5, 5.41) is 13.0. The maximum Gasteiger partial charge on any atom is 0.0159 e. The highest BCUT2D eigenvalue weighted by Crippen LogP contribution is 2.60. The predicted octanol–water partition coefficient (Wildman–Crippen LogP) is 21.0. The van der Waals surface area contributed by atoms with Crippen LogP contribution in [0.2, 0.25) is 0 Å². The molecule has 0 amide bonds. The Morgan fingerprint density at radius 2 is 0.481 bits per heavy atom. The van der Waals surface area contributed by atoms with Crippen LogP contribution in [0, 0.1) is 0 Å². The van der Waals surface area contributed by atoms with Crippen molar-refractivity contribution in [3.8, 4) is 77.9 Å². The van der Waals surface area contributed by atoms with Gasteiger partial charge in [-0.05, 0) is 195 Å². The first-order valence-corrected chi connectivity index (χ1v) is 27.6. The van der Waals surface area contributed by atoms with Crippen molar-refractivity contribution >= 4 is 53.9 Å². The molecule has 0 unspecified atom stereocenters. The molecule has 364 valence electrons. The van der Waals surface area contributed by atoms with Crippen LogP contribution in [0.25, 0.3) is 132 Å². The Morgan fingerprint density at radius 3 is 0.922 bits per heavy atom. The summed E-state index contributed by atoms with van der Waals surface area (Å²) >= 11 is 0. The van der Waals surface area contributed by atoms with Crippen molar-refractivity contribution in [1.82, 2.24) is 0 Å². The molecule has 0 saturated carbocycles. The van der Waals surface area contributed by atoms with Crippen molar-refractivity contribution in [2.75, 3.05) is 0 Å². The molecule has 0 bridgehead atoms. The van der Waals surface area contributed by atoms with Crippen molar-refractivity contribution in [2.24, 2.45) is 0 Å². The van der Waals surface area contributed by atoms with Crippen molar-refractivity contribution in [3.63, 3.8) is 0 Å². The topological polar surface area (TPSA) is 0 Å². The van der Waals surface area contributed by atoms with Crippen LogP contribution in [-0.2, 0) is 16.2 Å². The van der Waals surface area contributed by atoms with Crippen LogP contribution in [-0.4, -0.2) is 0 Å². The van der Waals surface area contributed by atoms with Gasteiger partial charge >= 0.3 is 0 Å². The van der Waals surface area contributed by atoms with E-state index in [2.05, 4.69) is 272 Å². The lowest BCUT2D eigenvalue weighted by Gasteiger charge is -2.25. The van der Waals surface area contributed by atoms with Gasteiger partial charge in [-0.3, -0.25) is 0 Å². The van der Waals surface area contributed by atoms with Crippen molar-refractivity contribution in [3.05, 3.63) is 264 Å². The highest BCUT2D eigenvalue weighted by molar-refractivity contribution is 6.21. The van der Waals surface area contributed by atoms with E-state index in [0.29, 0.717) is 0 Å². The van der Waals surface area contributed by atoms with Gasteiger partial charge in [0.2, 0.25) is 0 Å². The van der Waals surface area contributed by atoms with E-state index in [1.165, 1.54) is 165 Å². The van der Waals surface area contributed by atoms with Gasteiger partial charge in [0.25, 0.3) is 0 Å². The molecule has 3 aliphatic carbocycles. The van der Waals surface area contributed by atoms with Gasteiger partial charge in [-0.2, -0.15) is 0 Å². The molecule has 77 heavy (non-hydrogen) atoms. The fourth-order valence-electron chi connectivity index (χ4n) is 15.0. The predicted molar refractivity (Wildman–Crippen MR) is 328 cm³/mol. The lowest BCUT2D eigenvalue weighted by atomic mass is 9.78. The Kier molecular flexibility index (Phi) is 9.02. The Hall–Kier alpha value is -8.84. The summed E-state index contributed by atoms with van der Waals surface area (Å²) < 4.78 is 0. The minimum atomic E-state index is -0.273. The second-order valence-corrected chi connectivity index (χ2v) is 23.8. The third kappa shape index (κ3) is 5.94. The van der Waals surface area contributed by atoms with Gasteiger partial charge in [-0.25, -0.2) is 0 Å². The Bertz CT molecular complexity index is 4750. The van der Waals surface area contributed by atoms with E-state index in [4.69, 9.17) is 0 Å². The zero-order valence-electron chi connectivity index (χ0n) is 44.4. The van der Waals surface area contributed by atoms with Gasteiger partial charge in [-0.15, -0.1) is 0 Å². The fourth-order valence-corrected chi connectivity index (χ4v) is 15.0. The molecule has 0 radical (unpaired) electrons. The average Bonchev–Trinajstić information content (AvgIpc) is 4.21. The van der Waals surface area contributed by atoms with Crippen LogP contribution in [0.4, 0.5) is 0 Å². The largest absolute Gasteiger partial charge is 0.0622 e. The zero-order chi connectivity index (χ0) is 51.7. The molecular weight excluding hydrogens is 925 g/mol. The maximum absolute atomic E-state index is 2.57. The molecule has 3 aliphatic rings. The molecule has 13 aromatic carbocycles. The van der Waals surface area contributed by atoms with Crippen molar-refractivity contribution < 1.29 is 0 Å². The van der Waals surface area contributed by atoms with E-state index in [9.17, 15) is 0 Å². The number of rotatable bonds is 4. The lowest BCUT2D eigenvalue weighted by Crippen LogP contribution is -2.16. The van der Waals surface area contributed by atoms with E-state index >= 15 is 0 Å². The van der Waals surface area contributed by atoms with Crippen LogP contribution in [0.5, 0.6) is 0 Å². The molecule has 0 aromatic heterocycles. The molecule has 0 nitrogen and oxygen atoms in total. The van der Waals surface area contributed by atoms with E-state index in [1.807, 2.05) is 0 Å². The Balaban J connectivity index is 0.878. The van der Waals surface area contributed by atoms with E-state index in [-0.39, 0.29) is 16.2 Å². The monoisotopic (exact) mass is 980 g/mol. The summed E-state index contributed by atoms with van der Waals surface area (Å²) in [5.74, 6) is 0. The summed E-state index contributed by atoms with van der Waals surface area (Å²) in [5.41, 5.74) is 26.2. The van der Waals surface area contributed by atoms with Crippen LogP contribution in [0.3, 0.4) is 0 Å². The Labute approximate surface area is 451 Å². The standard InChI is InChI=1S/C77H56/c1-75(2)65-35-21-20-30-55(65)56-37-36-46(40-66(56)75)62-42-68-72(58-32-17-13-27-50(58)62)74-60-34-19-15-29-52(60)64(44-70(74)77(68,5)6)54-39-38-53(47-24-10-11-25-48(47)54)63-43-69-73(59-33-18-14-28-51(59)63)71-57-31-16-12-26-49(57)61(41-67(71)76(69,3)4)45-22-8-7-9-23-45/h7-44H,1-6H3. The average molecular weight is 981 g/mol. The van der Waals surface area contributed by atoms with E-state index in [0.717, 1.165) is 0 Å². The SMILES string of the molecule is CC1(C)c2ccccc2-c2ccc(-c3cc4c(c5ccccc35)-c3c(cc(-c5ccc(-c6cc7c(c8ccccc68)-c6c(cc(-c8ccccc8)c8ccccc68)C7(C)C)c6ccccc56)c5ccccc35)C4(C)C)cc21. The van der Waals surface area contributed by atoms with Gasteiger partial charge in [0.05, 0.1) is 0 Å². The summed E-state index contributed by atoms with van der Waals surface area (Å²) in [6.45, 7) is 14.6. The minimum absolute atomic E-state index is 0.0798. The molecule has 0 spiro atoms. The Morgan fingerprint density at radius 1 is 0.182 bits per heavy atom. The maximum atomic E-state index is 2.57. The second-order valence-electron chi connectivity index (χ2n) is 23.8. The highest BCUT2D eigenvalue weighted by atomic mass is 14.4. The fraction of sp³-hybridized carbons (Fsp3) is 0.117. The minimum Gasteiger partial charge on any atom is -0.0622 e. The zero-order valence-corrected chi connectivity index (χ0v) is 44.4. The van der Waals surface area contributed by atoms with Gasteiger partial charge in [0, 0.05) is 16.2 Å². The first kappa shape index (κ1) is 44.5. The van der Waals surface area contributed by atoms with Crippen molar-refractivity contribution in [2.45, 2.75) is 57.8 Å². The quantitative estimate of drug-likeness (QED) is 0.165. The third-order valence-electron chi connectivity index (χ3n) is 18.9. The molecule has 16 rings (SSSR count). The number of hydrogen-bond donors (Lipinski definition) is 0. The van der Waals surface area contributed by atoms with E-state index in [1.54, 1.807) is 0 Å². The summed E-state index contributed by atoms with van der Waals surface area (Å²) in [7, 11) is 0. The van der Waals surface area contributed by atoms with Crippen LogP contribution in [0.15, 0.2) is 231 Å². The van der Waals surface area contributed by atoms with Crippen LogP contribution >= 0.6 is 0 Å². The smallest absolute Gasteiger partial charge is 0.0159 e. The normalized spacial score (nSPS) is 14.9. The summed E-state index contributed by atoms with van der Waals surface area (Å²) in [6.07, 6.45) is 0. The van der Waals surface area contributed by atoms with Gasteiger partial charge in [0.1, 0.15) is 0 Å². The molecule has 0 fully saturated rings. The van der Waals surface area contributed by atoms with Crippen LogP contribution in [0.1, 0.15) is 74.9 Å². The number of benzene rings is 13. The molecule has 0 heteroatoms. The summed E-state index contributed by atoms with van der Waals surface area (Å²) in [4.78, 5) is 0. The molecule has 0 aliphatic heterocycles. The third-order valence-corrected chi connectivity index (χ3v) is 18.9. The van der Waals surface area contributed by atoms with Crippen LogP contribution < -0.4 is 0 Å². The summed E-state index contributed by atoms with van der Waals surface area (Å²) in [6, 6.07) is 88.0. The molecule has 0 heterocycles. The first-order valence-electron chi connectivity index (χ1n) is 27.6. The van der Waals surface area contributed by atoms with Crippen molar-refractivity contribution in [1.29, 1.82) is 0 Å². The van der Waals surface area contributed by atoms with Gasteiger partial charge in [-0.1, -0.05) is 242 Å². The van der Waals surface area contributed by atoms with E-state index < -0.39 is 0 Å². The molecule has 0 atom stereocenters. The van der Waals surface area contributed by atoms with Gasteiger partial charge < -0.3 is 0 Å². The van der Waals surface area contributed by atoms with Gasteiger partial charge in [0.15, 0.2) is 0 Å². The molecular formula is C77H56. The first-order chi connectivity index (χ1) is 37.5. The highest BCUT2D eigenvalue weighted by Gasteiger charge is 2.42. The molecule has 0 N–H and O–H groups in total. The molecule has 0 saturated heterocycles. The number of fused-ring (bicyclic) bond motifs is 18. The lowest BCUT2D eigenvalue weighted by molar-refractivity contribution is 0.660. The second kappa shape index (κ2) is 15.6. The molecule has 13 aromatic rings.